The van der Waals surface area contributed by atoms with Crippen LogP contribution >= 0.6 is 0 Å². The smallest absolute Gasteiger partial charge is 0.128 e. The highest BCUT2D eigenvalue weighted by molar-refractivity contribution is 5.89. The molecule has 52 heavy (non-hydrogen) atoms. The van der Waals surface area contributed by atoms with Gasteiger partial charge in [0.15, 0.2) is 0 Å². The van der Waals surface area contributed by atoms with E-state index in [9.17, 15) is 10.2 Å². The van der Waals surface area contributed by atoms with Crippen LogP contribution < -0.4 is 0 Å². The molecule has 262 valence electrons. The summed E-state index contributed by atoms with van der Waals surface area (Å²) in [7, 11) is 0. The van der Waals surface area contributed by atoms with Crippen molar-refractivity contribution in [2.75, 3.05) is 0 Å². The van der Waals surface area contributed by atoms with E-state index in [-0.39, 0.29) is 22.3 Å². The van der Waals surface area contributed by atoms with Gasteiger partial charge in [-0.15, -0.1) is 0 Å². The number of nitrogens with zero attached hydrogens (tertiary/aromatic N) is 4. The number of aromatic hydroxyl groups is 2. The Labute approximate surface area is 307 Å². The summed E-state index contributed by atoms with van der Waals surface area (Å²) in [5.74, 6) is 0.404. The molecule has 0 aliphatic carbocycles. The summed E-state index contributed by atoms with van der Waals surface area (Å²) in [6.45, 7) is 12.6. The number of aliphatic imine (C=N–C) groups is 2. The van der Waals surface area contributed by atoms with Gasteiger partial charge in [-0.25, -0.2) is 0 Å². The van der Waals surface area contributed by atoms with Crippen LogP contribution in [-0.2, 0) is 10.8 Å². The quantitative estimate of drug-likeness (QED) is 0.148. The zero-order chi connectivity index (χ0) is 36.9. The third kappa shape index (κ3) is 8.18. The third-order valence-corrected chi connectivity index (χ3v) is 9.25. The lowest BCUT2D eigenvalue weighted by atomic mass is 9.83. The van der Waals surface area contributed by atoms with Gasteiger partial charge in [-0.1, -0.05) is 102 Å². The highest BCUT2D eigenvalue weighted by atomic mass is 16.3. The number of benzene rings is 4. The first-order valence-electron chi connectivity index (χ1n) is 17.6. The first kappa shape index (κ1) is 35.9. The van der Waals surface area contributed by atoms with E-state index in [1.54, 1.807) is 37.2 Å². The number of pyridine rings is 2. The zero-order valence-electron chi connectivity index (χ0n) is 30.7. The van der Waals surface area contributed by atoms with Gasteiger partial charge in [-0.3, -0.25) is 20.0 Å². The fourth-order valence-electron chi connectivity index (χ4n) is 6.40. The van der Waals surface area contributed by atoms with Gasteiger partial charge in [-0.2, -0.15) is 0 Å². The Bertz CT molecular complexity index is 2010. The van der Waals surface area contributed by atoms with Gasteiger partial charge in [0.1, 0.15) is 23.6 Å². The van der Waals surface area contributed by atoms with E-state index in [0.29, 0.717) is 11.1 Å². The molecule has 2 aromatic heterocycles. The molecule has 6 rings (SSSR count). The molecule has 0 saturated carbocycles. The Morgan fingerprint density at radius 1 is 0.481 bits per heavy atom. The van der Waals surface area contributed by atoms with Crippen LogP contribution in [0.1, 0.15) is 87.0 Å². The Kier molecular flexibility index (Phi) is 10.5. The van der Waals surface area contributed by atoms with Crippen LogP contribution in [0.3, 0.4) is 0 Å². The SMILES string of the molecule is CC(C)(C)c1cc(-c2ccncc2)cc(C=N[C@H](c2ccccc2)[C@H](N=Cc2cc(-c3ccncc3)cc(C(C)(C)C)c2O)c2ccccc2)c1O. The molecule has 0 aliphatic heterocycles. The Morgan fingerprint density at radius 2 is 0.827 bits per heavy atom. The second-order valence-electron chi connectivity index (χ2n) is 15.2. The van der Waals surface area contributed by atoms with Crippen molar-refractivity contribution in [1.82, 2.24) is 9.97 Å². The molecule has 0 fully saturated rings. The lowest BCUT2D eigenvalue weighted by Gasteiger charge is -2.24. The average molecular weight is 687 g/mol. The molecule has 2 N–H and O–H groups in total. The van der Waals surface area contributed by atoms with Crippen molar-refractivity contribution in [3.63, 3.8) is 0 Å². The Balaban J connectivity index is 1.51. The minimum absolute atomic E-state index is 0.202. The third-order valence-electron chi connectivity index (χ3n) is 9.25. The standard InChI is InChI=1S/C46H46N4O2/c1-45(2,3)39-27-35(31-17-21-47-22-18-31)25-37(43(39)51)29-49-41(33-13-9-7-10-14-33)42(34-15-11-8-12-16-34)50-30-38-26-36(32-19-23-48-24-20-32)28-40(44(38)52)46(4,5)6/h7-30,41-42,51-52H,1-6H3/t41-,42-/m1/s1. The largest absolute Gasteiger partial charge is 0.507 e. The molecule has 0 aliphatic rings. The lowest BCUT2D eigenvalue weighted by molar-refractivity contribution is 0.445. The molecule has 2 heterocycles. The number of phenols is 2. The van der Waals surface area contributed by atoms with E-state index in [1.165, 1.54) is 0 Å². The average Bonchev–Trinajstić information content (AvgIpc) is 3.14. The number of aromatic nitrogens is 2. The van der Waals surface area contributed by atoms with Crippen LogP contribution in [0.4, 0.5) is 0 Å². The molecule has 2 atom stereocenters. The number of hydrogen-bond donors (Lipinski definition) is 2. The molecule has 6 aromatic rings. The maximum absolute atomic E-state index is 11.7. The van der Waals surface area contributed by atoms with Crippen molar-refractivity contribution >= 4 is 12.4 Å². The lowest BCUT2D eigenvalue weighted by Crippen LogP contribution is -2.13. The summed E-state index contributed by atoms with van der Waals surface area (Å²) < 4.78 is 0. The van der Waals surface area contributed by atoms with Crippen molar-refractivity contribution < 1.29 is 10.2 Å². The summed E-state index contributed by atoms with van der Waals surface area (Å²) in [5.41, 5.74) is 8.16. The second-order valence-corrected chi connectivity index (χ2v) is 15.2. The van der Waals surface area contributed by atoms with Gasteiger partial charge in [0.25, 0.3) is 0 Å². The molecule has 0 bridgehead atoms. The van der Waals surface area contributed by atoms with Crippen LogP contribution in [0.5, 0.6) is 11.5 Å². The van der Waals surface area contributed by atoms with E-state index in [1.807, 2.05) is 84.9 Å². The van der Waals surface area contributed by atoms with E-state index >= 15 is 0 Å². The van der Waals surface area contributed by atoms with Crippen LogP contribution in [0.15, 0.2) is 144 Å². The molecule has 0 amide bonds. The number of rotatable bonds is 9. The summed E-state index contributed by atoms with van der Waals surface area (Å²) in [4.78, 5) is 18.9. The van der Waals surface area contributed by atoms with Crippen molar-refractivity contribution in [1.29, 1.82) is 0 Å². The molecule has 0 spiro atoms. The van der Waals surface area contributed by atoms with Crippen LogP contribution in [0.25, 0.3) is 22.3 Å². The van der Waals surface area contributed by atoms with Gasteiger partial charge in [0, 0.05) is 59.5 Å². The molecule has 0 radical (unpaired) electrons. The van der Waals surface area contributed by atoms with Crippen LogP contribution in [0.2, 0.25) is 0 Å². The van der Waals surface area contributed by atoms with Crippen molar-refractivity contribution in [3.8, 4) is 33.8 Å². The molecule has 4 aromatic carbocycles. The van der Waals surface area contributed by atoms with Gasteiger partial charge in [0.05, 0.1) is 0 Å². The minimum atomic E-state index is -0.463. The van der Waals surface area contributed by atoms with Crippen LogP contribution in [0, 0.1) is 0 Å². The van der Waals surface area contributed by atoms with E-state index in [2.05, 4.69) is 75.8 Å². The second kappa shape index (κ2) is 15.2. The summed E-state index contributed by atoms with van der Waals surface area (Å²) in [6.07, 6.45) is 10.6. The van der Waals surface area contributed by atoms with Crippen LogP contribution in [-0.4, -0.2) is 32.6 Å². The van der Waals surface area contributed by atoms with Gasteiger partial charge >= 0.3 is 0 Å². The highest BCUT2D eigenvalue weighted by Crippen LogP contribution is 2.41. The van der Waals surface area contributed by atoms with Gasteiger partial charge in [0.2, 0.25) is 0 Å². The molecule has 0 saturated heterocycles. The normalized spacial score (nSPS) is 13.4. The summed E-state index contributed by atoms with van der Waals surface area (Å²) in [5, 5.41) is 23.3. The van der Waals surface area contributed by atoms with Crippen molar-refractivity contribution in [3.05, 3.63) is 167 Å². The van der Waals surface area contributed by atoms with Crippen molar-refractivity contribution in [2.24, 2.45) is 9.98 Å². The Morgan fingerprint density at radius 3 is 1.15 bits per heavy atom. The van der Waals surface area contributed by atoms with E-state index in [0.717, 1.165) is 44.5 Å². The predicted molar refractivity (Wildman–Crippen MR) is 214 cm³/mol. The number of phenolic OH excluding ortho intramolecular Hbond substituents is 2. The van der Waals surface area contributed by atoms with Gasteiger partial charge < -0.3 is 10.2 Å². The fourth-order valence-corrected chi connectivity index (χ4v) is 6.40. The van der Waals surface area contributed by atoms with Gasteiger partial charge in [-0.05, 0) is 92.7 Å². The molecule has 6 heteroatoms. The zero-order valence-corrected chi connectivity index (χ0v) is 30.7. The summed E-state index contributed by atoms with van der Waals surface area (Å²) in [6, 6.07) is 35.2. The molecule has 6 nitrogen and oxygen atoms in total. The number of hydrogen-bond acceptors (Lipinski definition) is 6. The fraction of sp³-hybridized carbons (Fsp3) is 0.217. The van der Waals surface area contributed by atoms with E-state index < -0.39 is 12.1 Å². The predicted octanol–water partition coefficient (Wildman–Crippen LogP) is 10.8. The highest BCUT2D eigenvalue weighted by Gasteiger charge is 2.26. The monoisotopic (exact) mass is 686 g/mol. The molecular weight excluding hydrogens is 641 g/mol. The first-order valence-corrected chi connectivity index (χ1v) is 17.6. The first-order chi connectivity index (χ1) is 24.9. The van der Waals surface area contributed by atoms with E-state index in [4.69, 9.17) is 9.98 Å². The topological polar surface area (TPSA) is 91.0 Å². The molecule has 0 unspecified atom stereocenters. The van der Waals surface area contributed by atoms with Crippen molar-refractivity contribution in [2.45, 2.75) is 64.5 Å². The minimum Gasteiger partial charge on any atom is -0.507 e. The molecular formula is C46H46N4O2. The maximum Gasteiger partial charge on any atom is 0.128 e. The summed E-state index contributed by atoms with van der Waals surface area (Å²) >= 11 is 0. The Hall–Kier alpha value is -5.88. The maximum atomic E-state index is 11.7.